The summed E-state index contributed by atoms with van der Waals surface area (Å²) in [6.45, 7) is -0.292. The summed E-state index contributed by atoms with van der Waals surface area (Å²) in [4.78, 5) is 9.81. The van der Waals surface area contributed by atoms with E-state index in [2.05, 4.69) is 9.99 Å². The fraction of sp³-hybridized carbons (Fsp3) is 0.667. The average Bonchev–Trinajstić information content (AvgIpc) is 1.87. The molecule has 0 fully saturated rings. The minimum Gasteiger partial charge on any atom is -0.480 e. The molecular weight excluding hydrogens is 161 g/mol. The van der Waals surface area contributed by atoms with Crippen LogP contribution in [0.1, 0.15) is 0 Å². The molecular formula is C3H8NO5P. The van der Waals surface area contributed by atoms with Crippen LogP contribution in [-0.2, 0) is 14.0 Å². The van der Waals surface area contributed by atoms with Gasteiger partial charge in [-0.1, -0.05) is 0 Å². The van der Waals surface area contributed by atoms with Crippen LogP contribution in [0.15, 0.2) is 0 Å². The summed E-state index contributed by atoms with van der Waals surface area (Å²) >= 11 is 0. The quantitative estimate of drug-likeness (QED) is 0.294. The number of carboxylic acids is 1. The van der Waals surface area contributed by atoms with Crippen molar-refractivity contribution < 1.29 is 24.4 Å². The Balaban J connectivity index is 3.20. The zero-order chi connectivity index (χ0) is 7.98. The summed E-state index contributed by atoms with van der Waals surface area (Å²) in [5, 5.41) is 18.1. The molecule has 0 radical (unpaired) electrons. The van der Waals surface area contributed by atoms with Crippen molar-refractivity contribution in [2.75, 3.05) is 12.8 Å². The van der Waals surface area contributed by atoms with Crippen molar-refractivity contribution in [3.8, 4) is 0 Å². The number of carbonyl (C=O) groups is 1. The van der Waals surface area contributed by atoms with Crippen molar-refractivity contribution in [1.82, 2.24) is 5.32 Å². The first-order valence-corrected chi connectivity index (χ1v) is 3.96. The van der Waals surface area contributed by atoms with Gasteiger partial charge in [-0.15, -0.1) is 0 Å². The van der Waals surface area contributed by atoms with Crippen LogP contribution in [0, 0.1) is 0 Å². The van der Waals surface area contributed by atoms with Crippen LogP contribution < -0.4 is 5.32 Å². The van der Waals surface area contributed by atoms with Crippen LogP contribution in [0.25, 0.3) is 0 Å². The first-order chi connectivity index (χ1) is 4.66. The maximum atomic E-state index is 10.3. The first-order valence-electron chi connectivity index (χ1n) is 2.43. The Hall–Kier alpha value is -0.420. The molecule has 0 bridgehead atoms. The molecule has 0 rings (SSSR count). The minimum absolute atomic E-state index is 0.131. The van der Waals surface area contributed by atoms with Crippen LogP contribution >= 0.6 is 8.03 Å². The molecule has 3 N–H and O–H groups in total. The highest BCUT2D eigenvalue weighted by molar-refractivity contribution is 7.38. The topological polar surface area (TPSA) is 95.9 Å². The second-order valence-corrected chi connectivity index (χ2v) is 2.74. The molecule has 0 spiro atoms. The standard InChI is InChI=1S/C3H8NO5P/c5-3(6)1-4-2-10(8)9-7/h4,7,10H,1-2H2,(H,5,6). The molecule has 1 unspecified atom stereocenters. The van der Waals surface area contributed by atoms with Crippen molar-refractivity contribution in [3.63, 3.8) is 0 Å². The summed E-state index contributed by atoms with van der Waals surface area (Å²) < 4.78 is 13.7. The lowest BCUT2D eigenvalue weighted by molar-refractivity contribution is -0.136. The van der Waals surface area contributed by atoms with Crippen molar-refractivity contribution in [3.05, 3.63) is 0 Å². The Labute approximate surface area is 57.6 Å². The molecule has 0 saturated carbocycles. The average molecular weight is 169 g/mol. The van der Waals surface area contributed by atoms with E-state index in [1.807, 2.05) is 0 Å². The van der Waals surface area contributed by atoms with Gasteiger partial charge in [0, 0.05) is 0 Å². The van der Waals surface area contributed by atoms with Crippen LogP contribution in [0.5, 0.6) is 0 Å². The number of rotatable bonds is 5. The van der Waals surface area contributed by atoms with Crippen LogP contribution in [0.3, 0.4) is 0 Å². The van der Waals surface area contributed by atoms with Crippen LogP contribution in [0.4, 0.5) is 0 Å². The summed E-state index contributed by atoms with van der Waals surface area (Å²) in [5.41, 5.74) is 0. The lowest BCUT2D eigenvalue weighted by atomic mass is 10.7. The van der Waals surface area contributed by atoms with E-state index in [1.165, 1.54) is 0 Å². The van der Waals surface area contributed by atoms with Gasteiger partial charge in [-0.3, -0.25) is 14.7 Å². The minimum atomic E-state index is -2.49. The molecule has 0 aliphatic rings. The highest BCUT2D eigenvalue weighted by Crippen LogP contribution is 2.16. The van der Waals surface area contributed by atoms with E-state index < -0.39 is 14.0 Å². The maximum absolute atomic E-state index is 10.3. The van der Waals surface area contributed by atoms with Gasteiger partial charge < -0.3 is 5.11 Å². The van der Waals surface area contributed by atoms with Gasteiger partial charge in [0.25, 0.3) is 0 Å². The second-order valence-electron chi connectivity index (χ2n) is 1.46. The molecule has 0 saturated heterocycles. The fourth-order valence-corrected chi connectivity index (χ4v) is 0.697. The Morgan fingerprint density at radius 3 is 2.70 bits per heavy atom. The zero-order valence-electron chi connectivity index (χ0n) is 5.03. The van der Waals surface area contributed by atoms with Gasteiger partial charge in [0.05, 0.1) is 12.8 Å². The molecule has 0 aromatic carbocycles. The number of hydrogen-bond donors (Lipinski definition) is 3. The molecule has 0 heterocycles. The van der Waals surface area contributed by atoms with Crippen LogP contribution in [-0.4, -0.2) is 29.2 Å². The van der Waals surface area contributed by atoms with Gasteiger partial charge in [0.15, 0.2) is 0 Å². The van der Waals surface area contributed by atoms with E-state index in [-0.39, 0.29) is 12.8 Å². The van der Waals surface area contributed by atoms with Gasteiger partial charge in [0.1, 0.15) is 0 Å². The normalized spacial score (nSPS) is 12.9. The van der Waals surface area contributed by atoms with Crippen molar-refractivity contribution in [2.24, 2.45) is 0 Å². The molecule has 0 aliphatic heterocycles. The Morgan fingerprint density at radius 1 is 1.70 bits per heavy atom. The third kappa shape index (κ3) is 5.71. The summed E-state index contributed by atoms with van der Waals surface area (Å²) in [6, 6.07) is 0. The SMILES string of the molecule is O=C(O)CNC[PH](=O)OO. The monoisotopic (exact) mass is 169 g/mol. The summed E-state index contributed by atoms with van der Waals surface area (Å²) in [7, 11) is -2.49. The molecule has 0 aromatic heterocycles. The lowest BCUT2D eigenvalue weighted by Crippen LogP contribution is -2.21. The Morgan fingerprint density at radius 2 is 2.30 bits per heavy atom. The molecule has 7 heteroatoms. The lowest BCUT2D eigenvalue weighted by Gasteiger charge is -1.97. The number of aliphatic carboxylic acids is 1. The van der Waals surface area contributed by atoms with E-state index in [0.29, 0.717) is 0 Å². The number of hydrogen-bond acceptors (Lipinski definition) is 5. The number of nitrogens with one attached hydrogen (secondary N) is 1. The second kappa shape index (κ2) is 5.37. The summed E-state index contributed by atoms with van der Waals surface area (Å²) in [6.07, 6.45) is -0.131. The van der Waals surface area contributed by atoms with Gasteiger partial charge in [-0.2, -0.15) is 4.67 Å². The van der Waals surface area contributed by atoms with E-state index in [0.717, 1.165) is 0 Å². The molecule has 10 heavy (non-hydrogen) atoms. The van der Waals surface area contributed by atoms with E-state index in [9.17, 15) is 9.36 Å². The third-order valence-corrected chi connectivity index (χ3v) is 1.39. The van der Waals surface area contributed by atoms with Crippen molar-refractivity contribution >= 4 is 14.0 Å². The molecule has 60 valence electrons. The van der Waals surface area contributed by atoms with Crippen molar-refractivity contribution in [2.45, 2.75) is 0 Å². The third-order valence-electron chi connectivity index (χ3n) is 0.647. The maximum Gasteiger partial charge on any atom is 0.317 e. The Kier molecular flexibility index (Phi) is 5.15. The van der Waals surface area contributed by atoms with Crippen molar-refractivity contribution in [1.29, 1.82) is 0 Å². The predicted octanol–water partition coefficient (Wildman–Crippen LogP) is -0.418. The molecule has 0 aromatic rings. The van der Waals surface area contributed by atoms with Gasteiger partial charge in [0.2, 0.25) is 8.03 Å². The molecule has 1 atom stereocenters. The van der Waals surface area contributed by atoms with Gasteiger partial charge >= 0.3 is 5.97 Å². The van der Waals surface area contributed by atoms with E-state index >= 15 is 0 Å². The Bertz CT molecular complexity index is 137. The van der Waals surface area contributed by atoms with Gasteiger partial charge in [-0.25, -0.2) is 5.26 Å². The smallest absolute Gasteiger partial charge is 0.317 e. The van der Waals surface area contributed by atoms with Gasteiger partial charge in [-0.05, 0) is 0 Å². The predicted molar refractivity (Wildman–Crippen MR) is 33.2 cm³/mol. The van der Waals surface area contributed by atoms with E-state index in [1.54, 1.807) is 0 Å². The zero-order valence-corrected chi connectivity index (χ0v) is 6.03. The molecule has 0 aliphatic carbocycles. The molecule has 0 amide bonds. The largest absolute Gasteiger partial charge is 0.480 e. The molecule has 6 nitrogen and oxygen atoms in total. The number of carboxylic acid groups (broad SMARTS) is 1. The highest BCUT2D eigenvalue weighted by atomic mass is 31.1. The summed E-state index contributed by atoms with van der Waals surface area (Å²) in [5.74, 6) is -1.05. The fourth-order valence-electron chi connectivity index (χ4n) is 0.304. The first kappa shape index (κ1) is 9.58. The van der Waals surface area contributed by atoms with E-state index in [4.69, 9.17) is 10.4 Å². The van der Waals surface area contributed by atoms with Crippen LogP contribution in [0.2, 0.25) is 0 Å². The highest BCUT2D eigenvalue weighted by Gasteiger charge is 1.99.